The number of benzene rings is 2. The summed E-state index contributed by atoms with van der Waals surface area (Å²) in [7, 11) is 2.11. The first-order valence-electron chi connectivity index (χ1n) is 16.7. The van der Waals surface area contributed by atoms with E-state index in [1.165, 1.54) is 9.80 Å². The molecule has 6 amide bonds. The molecule has 4 saturated heterocycles. The first-order valence-corrected chi connectivity index (χ1v) is 16.7. The van der Waals surface area contributed by atoms with Crippen molar-refractivity contribution < 1.29 is 19.2 Å². The van der Waals surface area contributed by atoms with Gasteiger partial charge in [0.25, 0.3) is 5.91 Å². The first-order chi connectivity index (χ1) is 21.7. The number of carbonyl (C=O) groups excluding carboxylic acids is 4. The molecule has 0 unspecified atom stereocenters. The molecule has 3 N–H and O–H groups in total. The molecule has 0 bridgehead atoms. The van der Waals surface area contributed by atoms with Crippen LogP contribution >= 0.6 is 0 Å². The van der Waals surface area contributed by atoms with Crippen LogP contribution in [-0.2, 0) is 16.0 Å². The van der Waals surface area contributed by atoms with Crippen molar-refractivity contribution in [1.82, 2.24) is 20.9 Å². The van der Waals surface area contributed by atoms with E-state index < -0.39 is 17.1 Å². The quantitative estimate of drug-likeness (QED) is 0.381. The lowest BCUT2D eigenvalue weighted by molar-refractivity contribution is -0.125. The first kappa shape index (κ1) is 33.2. The summed E-state index contributed by atoms with van der Waals surface area (Å²) >= 11 is 0. The van der Waals surface area contributed by atoms with Gasteiger partial charge >= 0.3 is 12.1 Å². The lowest BCUT2D eigenvalue weighted by Crippen LogP contribution is -2.72. The number of nitrogens with zero attached hydrogens (tertiary/aromatic N) is 3. The predicted molar refractivity (Wildman–Crippen MR) is 183 cm³/mol. The van der Waals surface area contributed by atoms with Crippen LogP contribution in [0.1, 0.15) is 98.6 Å². The molecule has 0 atom stereocenters. The summed E-state index contributed by atoms with van der Waals surface area (Å²) in [5.74, 6) is -0.397. The highest BCUT2D eigenvalue weighted by Gasteiger charge is 2.59. The Balaban J connectivity index is 1.12. The molecule has 4 heterocycles. The van der Waals surface area contributed by atoms with Gasteiger partial charge in [0.05, 0.1) is 23.3 Å². The Hall–Kier alpha value is -3.76. The van der Waals surface area contributed by atoms with Crippen molar-refractivity contribution in [1.29, 1.82) is 0 Å². The van der Waals surface area contributed by atoms with E-state index in [1.54, 1.807) is 0 Å². The summed E-state index contributed by atoms with van der Waals surface area (Å²) in [6, 6.07) is 14.2. The second-order valence-corrected chi connectivity index (χ2v) is 17.1. The molecule has 10 heteroatoms. The molecule has 252 valence electrons. The number of hydrogen-bond donors (Lipinski definition) is 3. The van der Waals surface area contributed by atoms with Gasteiger partial charge in [-0.25, -0.2) is 19.4 Å². The fourth-order valence-corrected chi connectivity index (χ4v) is 9.49. The molecule has 2 aromatic rings. The smallest absolute Gasteiger partial charge is 0.329 e. The number of anilines is 2. The van der Waals surface area contributed by atoms with Gasteiger partial charge < -0.3 is 16.0 Å². The van der Waals surface area contributed by atoms with Gasteiger partial charge in [-0.3, -0.25) is 14.5 Å². The van der Waals surface area contributed by atoms with Crippen LogP contribution in [-0.4, -0.2) is 69.1 Å². The highest BCUT2D eigenvalue weighted by molar-refractivity contribution is 6.23. The molecule has 2 aromatic carbocycles. The third-order valence-corrected chi connectivity index (χ3v) is 10.8. The van der Waals surface area contributed by atoms with Crippen molar-refractivity contribution in [3.8, 4) is 0 Å². The van der Waals surface area contributed by atoms with E-state index in [2.05, 4.69) is 83.3 Å². The zero-order valence-electron chi connectivity index (χ0n) is 29.3. The van der Waals surface area contributed by atoms with E-state index in [-0.39, 0.29) is 46.4 Å². The molecule has 47 heavy (non-hydrogen) atoms. The van der Waals surface area contributed by atoms with E-state index in [0.29, 0.717) is 43.5 Å². The number of piperidine rings is 2. The van der Waals surface area contributed by atoms with Crippen LogP contribution in [0.4, 0.5) is 21.0 Å². The third kappa shape index (κ3) is 5.95. The fourth-order valence-electron chi connectivity index (χ4n) is 9.49. The van der Waals surface area contributed by atoms with Crippen LogP contribution in [0.15, 0.2) is 48.5 Å². The molecular weight excluding hydrogens is 592 g/mol. The monoisotopic (exact) mass is 642 g/mol. The Morgan fingerprint density at radius 3 is 1.53 bits per heavy atom. The summed E-state index contributed by atoms with van der Waals surface area (Å²) in [4.78, 5) is 58.7. The van der Waals surface area contributed by atoms with Crippen molar-refractivity contribution in [2.24, 2.45) is 0 Å². The van der Waals surface area contributed by atoms with Crippen molar-refractivity contribution >= 4 is 35.3 Å². The zero-order chi connectivity index (χ0) is 34.4. The summed E-state index contributed by atoms with van der Waals surface area (Å²) in [5.41, 5.74) is 0.633. The summed E-state index contributed by atoms with van der Waals surface area (Å²) in [5, 5.41) is 9.86. The van der Waals surface area contributed by atoms with Gasteiger partial charge in [-0.15, -0.1) is 0 Å². The molecule has 0 radical (unpaired) electrons. The van der Waals surface area contributed by atoms with E-state index in [0.717, 1.165) is 11.1 Å². The Kier molecular flexibility index (Phi) is 7.49. The lowest BCUT2D eigenvalue weighted by atomic mass is 9.67. The summed E-state index contributed by atoms with van der Waals surface area (Å²) < 4.78 is 0. The Bertz CT molecular complexity index is 1570. The zero-order valence-corrected chi connectivity index (χ0v) is 29.3. The molecule has 4 fully saturated rings. The maximum absolute atomic E-state index is 13.8. The molecular formula is C37H50N6O4. The van der Waals surface area contributed by atoms with E-state index in [4.69, 9.17) is 0 Å². The van der Waals surface area contributed by atoms with Crippen LogP contribution in [0.25, 0.3) is 0 Å². The summed E-state index contributed by atoms with van der Waals surface area (Å²) in [6.45, 7) is 16.9. The minimum absolute atomic E-state index is 0.169. The van der Waals surface area contributed by atoms with Crippen LogP contribution in [0.5, 0.6) is 0 Å². The Morgan fingerprint density at radius 1 is 0.617 bits per heavy atom. The molecule has 0 aliphatic carbocycles. The molecule has 0 aromatic heterocycles. The van der Waals surface area contributed by atoms with Crippen LogP contribution in [0.3, 0.4) is 0 Å². The van der Waals surface area contributed by atoms with E-state index in [9.17, 15) is 19.2 Å². The van der Waals surface area contributed by atoms with Crippen LogP contribution in [0.2, 0.25) is 0 Å². The number of likely N-dealkylation sites (tertiary alicyclic amines) is 1. The van der Waals surface area contributed by atoms with E-state index >= 15 is 0 Å². The SMILES string of the molecule is CN1C(C)(C)CC2(CC(=O)N(c3ccc(Cc4ccc(N5C(=O)NC6(CC(C)(C)NC(C)(C)C6)C5=O)cc4)cc3)C(=O)N2)CC1(C)C. The number of rotatable bonds is 4. The highest BCUT2D eigenvalue weighted by Crippen LogP contribution is 2.46. The topological polar surface area (TPSA) is 114 Å². The van der Waals surface area contributed by atoms with Crippen LogP contribution < -0.4 is 25.8 Å². The van der Waals surface area contributed by atoms with Crippen LogP contribution in [0, 0.1) is 0 Å². The van der Waals surface area contributed by atoms with Gasteiger partial charge in [0, 0.05) is 22.2 Å². The van der Waals surface area contributed by atoms with Gasteiger partial charge in [-0.1, -0.05) is 24.3 Å². The highest BCUT2D eigenvalue weighted by atomic mass is 16.2. The fraction of sp³-hybridized carbons (Fsp3) is 0.568. The predicted octanol–water partition coefficient (Wildman–Crippen LogP) is 5.48. The van der Waals surface area contributed by atoms with Gasteiger partial charge in [0.2, 0.25) is 5.91 Å². The Morgan fingerprint density at radius 2 is 1.06 bits per heavy atom. The number of imide groups is 2. The van der Waals surface area contributed by atoms with Crippen molar-refractivity contribution in [3.05, 3.63) is 59.7 Å². The Labute approximate surface area is 278 Å². The van der Waals surface area contributed by atoms with Crippen molar-refractivity contribution in [2.45, 2.75) is 127 Å². The largest absolute Gasteiger partial charge is 0.331 e. The maximum atomic E-state index is 13.8. The molecule has 6 rings (SSSR count). The van der Waals surface area contributed by atoms with Crippen molar-refractivity contribution in [3.63, 3.8) is 0 Å². The minimum Gasteiger partial charge on any atom is -0.331 e. The molecule has 4 aliphatic heterocycles. The number of nitrogens with one attached hydrogen (secondary N) is 3. The van der Waals surface area contributed by atoms with Gasteiger partial charge in [-0.05, 0) is 130 Å². The number of amides is 6. The normalized spacial score (nSPS) is 25.6. The van der Waals surface area contributed by atoms with Gasteiger partial charge in [0.1, 0.15) is 5.54 Å². The number of urea groups is 2. The maximum Gasteiger partial charge on any atom is 0.329 e. The third-order valence-electron chi connectivity index (χ3n) is 10.8. The van der Waals surface area contributed by atoms with Gasteiger partial charge in [0.15, 0.2) is 0 Å². The molecule has 10 nitrogen and oxygen atoms in total. The average molecular weight is 643 g/mol. The average Bonchev–Trinajstić information content (AvgIpc) is 3.13. The minimum atomic E-state index is -0.941. The number of hydrogen-bond acceptors (Lipinski definition) is 6. The summed E-state index contributed by atoms with van der Waals surface area (Å²) in [6.07, 6.45) is 3.30. The van der Waals surface area contributed by atoms with E-state index in [1.807, 2.05) is 48.5 Å². The lowest BCUT2D eigenvalue weighted by Gasteiger charge is -2.59. The van der Waals surface area contributed by atoms with Gasteiger partial charge in [-0.2, -0.15) is 0 Å². The molecule has 2 spiro atoms. The second-order valence-electron chi connectivity index (χ2n) is 17.1. The molecule has 0 saturated carbocycles. The van der Waals surface area contributed by atoms with Crippen molar-refractivity contribution in [2.75, 3.05) is 16.8 Å². The standard InChI is InChI=1S/C37H50N6O4/c1-32(2)20-37(21-33(3,4)40-32)29(45)43(31(47)39-37)27-16-12-25(13-17-27)18-24-10-14-26(15-11-24)42-28(44)19-36(38-30(42)46)22-34(5,6)41(9)35(7,8)23-36/h10-17,40H,18-23H2,1-9H3,(H,38,46)(H,39,47). The second kappa shape index (κ2) is 10.6. The number of carbonyl (C=O) groups is 4. The molecule has 4 aliphatic rings.